The number of aryl methyl sites for hydroxylation is 1. The Morgan fingerprint density at radius 3 is 2.42 bits per heavy atom. The number of rotatable bonds is 8. The summed E-state index contributed by atoms with van der Waals surface area (Å²) in [6, 6.07) is 12.6. The first-order valence-corrected chi connectivity index (χ1v) is 10.3. The third-order valence-corrected chi connectivity index (χ3v) is 5.25. The van der Waals surface area contributed by atoms with Gasteiger partial charge in [0.15, 0.2) is 0 Å². The van der Waals surface area contributed by atoms with Gasteiger partial charge in [0.25, 0.3) is 0 Å². The highest BCUT2D eigenvalue weighted by Crippen LogP contribution is 2.38. The monoisotopic (exact) mass is 425 g/mol. The molecule has 0 unspecified atom stereocenters. The number of carbonyl (C=O) groups is 1. The first-order chi connectivity index (χ1) is 14.7. The summed E-state index contributed by atoms with van der Waals surface area (Å²) < 4.78 is 15.7. The van der Waals surface area contributed by atoms with Gasteiger partial charge in [-0.2, -0.15) is 0 Å². The normalized spacial score (nSPS) is 13.9. The smallest absolute Gasteiger partial charge is 0.305 e. The van der Waals surface area contributed by atoms with Crippen LogP contribution < -0.4 is 0 Å². The van der Waals surface area contributed by atoms with Crippen LogP contribution in [-0.4, -0.2) is 38.1 Å². The number of fused-ring (bicyclic) bond motifs is 1. The molecule has 1 aromatic heterocycles. The van der Waals surface area contributed by atoms with Gasteiger partial charge in [-0.3, -0.25) is 4.79 Å². The number of carboxylic acid groups (broad SMARTS) is 1. The summed E-state index contributed by atoms with van der Waals surface area (Å²) in [5, 5.41) is 30.0. The third-order valence-electron chi connectivity index (χ3n) is 5.25. The average Bonchev–Trinajstić information content (AvgIpc) is 2.99. The molecule has 0 aliphatic heterocycles. The van der Waals surface area contributed by atoms with E-state index in [0.29, 0.717) is 0 Å². The summed E-state index contributed by atoms with van der Waals surface area (Å²) in [6.07, 6.45) is 0.736. The fourth-order valence-corrected chi connectivity index (χ4v) is 3.92. The Labute approximate surface area is 181 Å². The van der Waals surface area contributed by atoms with Crippen LogP contribution in [0.3, 0.4) is 0 Å². The van der Waals surface area contributed by atoms with Crippen LogP contribution in [0.2, 0.25) is 0 Å². The van der Waals surface area contributed by atoms with Gasteiger partial charge in [0, 0.05) is 34.6 Å². The summed E-state index contributed by atoms with van der Waals surface area (Å²) in [6.45, 7) is 6.17. The number of aliphatic carboxylic acids is 1. The zero-order chi connectivity index (χ0) is 22.7. The number of aliphatic hydroxyl groups excluding tert-OH is 2. The fraction of sp³-hybridized carbons (Fsp3) is 0.320. The molecule has 0 aliphatic rings. The van der Waals surface area contributed by atoms with Crippen LogP contribution in [0.4, 0.5) is 4.39 Å². The number of hydrogen-bond acceptors (Lipinski definition) is 3. The van der Waals surface area contributed by atoms with E-state index in [1.54, 1.807) is 24.3 Å². The van der Waals surface area contributed by atoms with Gasteiger partial charge in [-0.1, -0.05) is 30.3 Å². The molecule has 164 valence electrons. The van der Waals surface area contributed by atoms with E-state index in [4.69, 9.17) is 5.11 Å². The van der Waals surface area contributed by atoms with Gasteiger partial charge in [0.2, 0.25) is 0 Å². The zero-order valence-corrected chi connectivity index (χ0v) is 17.9. The van der Waals surface area contributed by atoms with Gasteiger partial charge in [-0.15, -0.1) is 0 Å². The van der Waals surface area contributed by atoms with E-state index >= 15 is 0 Å². The Morgan fingerprint density at radius 1 is 1.13 bits per heavy atom. The molecule has 0 amide bonds. The van der Waals surface area contributed by atoms with Crippen LogP contribution in [0.5, 0.6) is 0 Å². The molecule has 0 spiro atoms. The van der Waals surface area contributed by atoms with E-state index in [1.165, 1.54) is 12.1 Å². The second kappa shape index (κ2) is 9.45. The van der Waals surface area contributed by atoms with Gasteiger partial charge < -0.3 is 19.9 Å². The third kappa shape index (κ3) is 5.21. The summed E-state index contributed by atoms with van der Waals surface area (Å²) in [4.78, 5) is 10.8. The van der Waals surface area contributed by atoms with E-state index in [1.807, 2.05) is 19.1 Å². The predicted molar refractivity (Wildman–Crippen MR) is 120 cm³/mol. The highest BCUT2D eigenvalue weighted by atomic mass is 19.1. The lowest BCUT2D eigenvalue weighted by Crippen LogP contribution is -2.19. The summed E-state index contributed by atoms with van der Waals surface area (Å²) in [5.74, 6) is -1.43. The minimum absolute atomic E-state index is 0.0737. The minimum Gasteiger partial charge on any atom is -0.481 e. The standard InChI is InChI=1S/C25H28FNO4/c1-15(2)27-22(11-9-19(28)13-20(29)14-24(30)31)25(17-5-7-18(26)8-6-17)21-10-4-16(3)12-23(21)27/h4-12,15,19-20,28-29H,13-14H2,1-3H3,(H,30,31)/b11-9+/t19-,20-/m1/s1. The van der Waals surface area contributed by atoms with E-state index in [-0.39, 0.29) is 18.3 Å². The molecule has 3 rings (SSSR count). The average molecular weight is 426 g/mol. The van der Waals surface area contributed by atoms with Gasteiger partial charge in [-0.05, 0) is 56.2 Å². The zero-order valence-electron chi connectivity index (χ0n) is 17.9. The SMILES string of the molecule is Cc1ccc2c(-c3ccc(F)cc3)c(/C=C/[C@@H](O)C[C@@H](O)CC(=O)O)n(C(C)C)c2c1. The fourth-order valence-electron chi connectivity index (χ4n) is 3.92. The maximum absolute atomic E-state index is 13.6. The van der Waals surface area contributed by atoms with Crippen molar-refractivity contribution in [3.05, 3.63) is 65.6 Å². The molecular weight excluding hydrogens is 397 g/mol. The van der Waals surface area contributed by atoms with Crippen molar-refractivity contribution in [3.63, 3.8) is 0 Å². The lowest BCUT2D eigenvalue weighted by molar-refractivity contribution is -0.139. The highest BCUT2D eigenvalue weighted by molar-refractivity contribution is 6.01. The van der Waals surface area contributed by atoms with Gasteiger partial charge in [-0.25, -0.2) is 4.39 Å². The summed E-state index contributed by atoms with van der Waals surface area (Å²) in [5.41, 5.74) is 4.79. The van der Waals surface area contributed by atoms with E-state index in [9.17, 15) is 19.4 Å². The molecule has 1 heterocycles. The first kappa shape index (κ1) is 22.7. The molecule has 0 saturated heterocycles. The number of aliphatic hydroxyl groups is 2. The maximum atomic E-state index is 13.6. The second-order valence-corrected chi connectivity index (χ2v) is 8.17. The lowest BCUT2D eigenvalue weighted by Gasteiger charge is -2.15. The molecule has 2 atom stereocenters. The lowest BCUT2D eigenvalue weighted by atomic mass is 10.00. The summed E-state index contributed by atoms with van der Waals surface area (Å²) >= 11 is 0. The predicted octanol–water partition coefficient (Wildman–Crippen LogP) is 4.94. The molecule has 3 aromatic rings. The van der Waals surface area contributed by atoms with Crippen molar-refractivity contribution in [2.24, 2.45) is 0 Å². The van der Waals surface area contributed by atoms with E-state index in [0.717, 1.165) is 33.3 Å². The Kier molecular flexibility index (Phi) is 6.93. The molecule has 2 aromatic carbocycles. The highest BCUT2D eigenvalue weighted by Gasteiger charge is 2.20. The molecule has 0 aliphatic carbocycles. The van der Waals surface area contributed by atoms with Gasteiger partial charge >= 0.3 is 5.97 Å². The van der Waals surface area contributed by atoms with Crippen molar-refractivity contribution in [2.75, 3.05) is 0 Å². The number of hydrogen-bond donors (Lipinski definition) is 3. The van der Waals surface area contributed by atoms with Crippen molar-refractivity contribution in [1.29, 1.82) is 0 Å². The second-order valence-electron chi connectivity index (χ2n) is 8.17. The van der Waals surface area contributed by atoms with E-state index in [2.05, 4.69) is 24.5 Å². The molecule has 0 fully saturated rings. The van der Waals surface area contributed by atoms with Gasteiger partial charge in [0.1, 0.15) is 5.82 Å². The Balaban J connectivity index is 2.12. The molecule has 0 saturated carbocycles. The van der Waals surface area contributed by atoms with Crippen molar-refractivity contribution < 1.29 is 24.5 Å². The minimum atomic E-state index is -1.13. The van der Waals surface area contributed by atoms with Crippen LogP contribution in [0.15, 0.2) is 48.5 Å². The first-order valence-electron chi connectivity index (χ1n) is 10.3. The summed E-state index contributed by atoms with van der Waals surface area (Å²) in [7, 11) is 0. The molecule has 3 N–H and O–H groups in total. The molecular formula is C25H28FNO4. The topological polar surface area (TPSA) is 82.7 Å². The largest absolute Gasteiger partial charge is 0.481 e. The van der Waals surface area contributed by atoms with Crippen LogP contribution in [-0.2, 0) is 4.79 Å². The number of nitrogens with zero attached hydrogens (tertiary/aromatic N) is 1. The van der Waals surface area contributed by atoms with Crippen LogP contribution in [0.1, 0.15) is 44.0 Å². The van der Waals surface area contributed by atoms with Crippen LogP contribution >= 0.6 is 0 Å². The molecule has 0 bridgehead atoms. The Morgan fingerprint density at radius 2 is 1.81 bits per heavy atom. The van der Waals surface area contributed by atoms with Crippen molar-refractivity contribution >= 4 is 22.9 Å². The Bertz CT molecular complexity index is 1100. The van der Waals surface area contributed by atoms with Crippen molar-refractivity contribution in [2.45, 2.75) is 51.9 Å². The number of benzene rings is 2. The van der Waals surface area contributed by atoms with Crippen LogP contribution in [0.25, 0.3) is 28.1 Å². The van der Waals surface area contributed by atoms with Crippen molar-refractivity contribution in [1.82, 2.24) is 4.57 Å². The van der Waals surface area contributed by atoms with E-state index < -0.39 is 24.6 Å². The molecule has 6 heteroatoms. The molecule has 31 heavy (non-hydrogen) atoms. The maximum Gasteiger partial charge on any atom is 0.305 e. The van der Waals surface area contributed by atoms with Gasteiger partial charge in [0.05, 0.1) is 18.6 Å². The van der Waals surface area contributed by atoms with Crippen LogP contribution in [0, 0.1) is 12.7 Å². The molecule has 5 nitrogen and oxygen atoms in total. The Hall–Kier alpha value is -2.96. The molecule has 0 radical (unpaired) electrons. The number of halogens is 1. The quantitative estimate of drug-likeness (QED) is 0.478. The number of carboxylic acids is 1. The number of aromatic nitrogens is 1. The van der Waals surface area contributed by atoms with Crippen molar-refractivity contribution in [3.8, 4) is 11.1 Å².